The van der Waals surface area contributed by atoms with Crippen molar-refractivity contribution >= 4 is 22.5 Å². The average Bonchev–Trinajstić information content (AvgIpc) is 2.83. The Kier molecular flexibility index (Phi) is 4.04. The average molecular weight is 291 g/mol. The maximum absolute atomic E-state index is 6.16. The van der Waals surface area contributed by atoms with Crippen molar-refractivity contribution in [2.24, 2.45) is 17.6 Å². The third-order valence-electron chi connectivity index (χ3n) is 4.88. The van der Waals surface area contributed by atoms with Gasteiger partial charge in [0.2, 0.25) is 0 Å². The highest BCUT2D eigenvalue weighted by Gasteiger charge is 2.28. The van der Waals surface area contributed by atoms with Crippen LogP contribution in [0.15, 0.2) is 24.4 Å². The zero-order valence-corrected chi connectivity index (χ0v) is 12.8. The molecule has 3 unspecified atom stereocenters. The Balaban J connectivity index is 1.96. The molecule has 3 N–H and O–H groups in total. The molecule has 2 aromatic rings. The van der Waals surface area contributed by atoms with Gasteiger partial charge in [0.15, 0.2) is 0 Å². The van der Waals surface area contributed by atoms with E-state index in [1.54, 1.807) is 0 Å². The number of nitrogens with one attached hydrogen (secondary N) is 1. The van der Waals surface area contributed by atoms with Crippen LogP contribution >= 0.6 is 11.6 Å². The van der Waals surface area contributed by atoms with Gasteiger partial charge in [-0.15, -0.1) is 0 Å². The molecule has 2 nitrogen and oxygen atoms in total. The number of nitrogens with two attached hydrogens (primary N) is 1. The minimum absolute atomic E-state index is 0.449. The van der Waals surface area contributed by atoms with Gasteiger partial charge in [-0.1, -0.05) is 31.4 Å². The van der Waals surface area contributed by atoms with Crippen molar-refractivity contribution in [2.45, 2.75) is 38.5 Å². The monoisotopic (exact) mass is 290 g/mol. The second-order valence-electron chi connectivity index (χ2n) is 6.31. The maximum atomic E-state index is 6.16. The van der Waals surface area contributed by atoms with E-state index in [0.717, 1.165) is 23.0 Å². The second kappa shape index (κ2) is 5.79. The fraction of sp³-hybridized carbons (Fsp3) is 0.529. The smallest absolute Gasteiger partial charge is 0.0457 e. The van der Waals surface area contributed by atoms with E-state index in [-0.39, 0.29) is 0 Å². The molecule has 1 saturated carbocycles. The lowest BCUT2D eigenvalue weighted by atomic mass is 9.73. The van der Waals surface area contributed by atoms with E-state index in [0.29, 0.717) is 11.8 Å². The summed E-state index contributed by atoms with van der Waals surface area (Å²) in [4.78, 5) is 3.37. The van der Waals surface area contributed by atoms with Crippen LogP contribution in [0.5, 0.6) is 0 Å². The van der Waals surface area contributed by atoms with Crippen molar-refractivity contribution < 1.29 is 0 Å². The number of hydrogen-bond donors (Lipinski definition) is 2. The van der Waals surface area contributed by atoms with Crippen LogP contribution in [-0.2, 0) is 0 Å². The first-order valence-electron chi connectivity index (χ1n) is 7.65. The number of aromatic nitrogens is 1. The summed E-state index contributed by atoms with van der Waals surface area (Å²) in [5.74, 6) is 1.99. The number of H-pyrrole nitrogens is 1. The van der Waals surface area contributed by atoms with Gasteiger partial charge in [0.25, 0.3) is 0 Å². The van der Waals surface area contributed by atoms with Gasteiger partial charge in [0, 0.05) is 28.0 Å². The van der Waals surface area contributed by atoms with Crippen LogP contribution < -0.4 is 5.73 Å². The van der Waals surface area contributed by atoms with Crippen molar-refractivity contribution in [3.8, 4) is 0 Å². The Bertz CT molecular complexity index is 590. The van der Waals surface area contributed by atoms with Crippen molar-refractivity contribution in [3.05, 3.63) is 35.0 Å². The van der Waals surface area contributed by atoms with Crippen LogP contribution in [-0.4, -0.2) is 11.5 Å². The van der Waals surface area contributed by atoms with E-state index in [1.807, 2.05) is 6.07 Å². The Morgan fingerprint density at radius 2 is 2.25 bits per heavy atom. The zero-order valence-electron chi connectivity index (χ0n) is 12.0. The third-order valence-corrected chi connectivity index (χ3v) is 5.11. The molecule has 0 amide bonds. The lowest BCUT2D eigenvalue weighted by molar-refractivity contribution is 0.248. The predicted octanol–water partition coefficient (Wildman–Crippen LogP) is 4.69. The number of aromatic amines is 1. The van der Waals surface area contributed by atoms with E-state index < -0.39 is 0 Å². The van der Waals surface area contributed by atoms with Gasteiger partial charge < -0.3 is 10.7 Å². The standard InChI is InChI=1S/C17H23ClN2/c1-11-3-2-4-12(7-11)15(9-19)16-10-20-17-6-5-13(18)8-14(16)17/h5-6,8,10-12,15,20H,2-4,7,9,19H2,1H3. The molecule has 0 radical (unpaired) electrons. The van der Waals surface area contributed by atoms with Gasteiger partial charge in [-0.05, 0) is 55.0 Å². The SMILES string of the molecule is CC1CCCC(C(CN)c2c[nH]c3ccc(Cl)cc23)C1. The molecule has 0 spiro atoms. The van der Waals surface area contributed by atoms with E-state index >= 15 is 0 Å². The normalized spacial score (nSPS) is 24.9. The Labute approximate surface area is 125 Å². The molecule has 0 aliphatic heterocycles. The maximum Gasteiger partial charge on any atom is 0.0457 e. The van der Waals surface area contributed by atoms with Gasteiger partial charge in [-0.25, -0.2) is 0 Å². The van der Waals surface area contributed by atoms with Gasteiger partial charge in [-0.2, -0.15) is 0 Å². The van der Waals surface area contributed by atoms with Crippen molar-refractivity contribution in [1.29, 1.82) is 0 Å². The Morgan fingerprint density at radius 1 is 1.40 bits per heavy atom. The molecule has 1 heterocycles. The number of hydrogen-bond acceptors (Lipinski definition) is 1. The summed E-state index contributed by atoms with van der Waals surface area (Å²) in [6.45, 7) is 3.09. The quantitative estimate of drug-likeness (QED) is 0.846. The highest BCUT2D eigenvalue weighted by Crippen LogP contribution is 2.40. The molecule has 20 heavy (non-hydrogen) atoms. The highest BCUT2D eigenvalue weighted by molar-refractivity contribution is 6.31. The van der Waals surface area contributed by atoms with Crippen LogP contribution in [0.3, 0.4) is 0 Å². The molecule has 1 aromatic carbocycles. The van der Waals surface area contributed by atoms with E-state index in [4.69, 9.17) is 17.3 Å². The molecule has 1 aliphatic carbocycles. The zero-order chi connectivity index (χ0) is 14.1. The number of rotatable bonds is 3. The highest BCUT2D eigenvalue weighted by atomic mass is 35.5. The van der Waals surface area contributed by atoms with Crippen molar-refractivity contribution in [3.63, 3.8) is 0 Å². The fourth-order valence-electron chi connectivity index (χ4n) is 3.84. The fourth-order valence-corrected chi connectivity index (χ4v) is 4.01. The molecule has 1 fully saturated rings. The number of benzene rings is 1. The first-order chi connectivity index (χ1) is 9.69. The minimum Gasteiger partial charge on any atom is -0.361 e. The predicted molar refractivity (Wildman–Crippen MR) is 86.2 cm³/mol. The molecule has 0 bridgehead atoms. The summed E-state index contributed by atoms with van der Waals surface area (Å²) >= 11 is 6.16. The summed E-state index contributed by atoms with van der Waals surface area (Å²) < 4.78 is 0. The van der Waals surface area contributed by atoms with Gasteiger partial charge in [0.1, 0.15) is 0 Å². The molecule has 1 aromatic heterocycles. The van der Waals surface area contributed by atoms with Gasteiger partial charge in [0.05, 0.1) is 0 Å². The van der Waals surface area contributed by atoms with Crippen LogP contribution in [0.4, 0.5) is 0 Å². The lowest BCUT2D eigenvalue weighted by Crippen LogP contribution is -2.25. The topological polar surface area (TPSA) is 41.8 Å². The van der Waals surface area contributed by atoms with E-state index in [9.17, 15) is 0 Å². The number of fused-ring (bicyclic) bond motifs is 1. The molecule has 108 valence electrons. The summed E-state index contributed by atoms with van der Waals surface area (Å²) in [6.07, 6.45) is 7.45. The lowest BCUT2D eigenvalue weighted by Gasteiger charge is -2.32. The van der Waals surface area contributed by atoms with Crippen LogP contribution in [0.25, 0.3) is 10.9 Å². The first-order valence-corrected chi connectivity index (χ1v) is 8.03. The van der Waals surface area contributed by atoms with Crippen LogP contribution in [0, 0.1) is 11.8 Å². The molecule has 3 atom stereocenters. The molecule has 0 saturated heterocycles. The molecular formula is C17H23ClN2. The molecular weight excluding hydrogens is 268 g/mol. The van der Waals surface area contributed by atoms with Gasteiger partial charge in [-0.3, -0.25) is 0 Å². The summed E-state index contributed by atoms with van der Waals surface area (Å²) in [6, 6.07) is 6.06. The third kappa shape index (κ3) is 2.59. The minimum atomic E-state index is 0.449. The molecule has 1 aliphatic rings. The number of halogens is 1. The van der Waals surface area contributed by atoms with Crippen molar-refractivity contribution in [2.75, 3.05) is 6.54 Å². The van der Waals surface area contributed by atoms with Gasteiger partial charge >= 0.3 is 0 Å². The summed E-state index contributed by atoms with van der Waals surface area (Å²) in [5, 5.41) is 2.04. The van der Waals surface area contributed by atoms with Crippen molar-refractivity contribution in [1.82, 2.24) is 4.98 Å². The van der Waals surface area contributed by atoms with Crippen LogP contribution in [0.1, 0.15) is 44.1 Å². The first kappa shape index (κ1) is 14.0. The van der Waals surface area contributed by atoms with E-state index in [2.05, 4.69) is 30.2 Å². The summed E-state index contributed by atoms with van der Waals surface area (Å²) in [7, 11) is 0. The van der Waals surface area contributed by atoms with Crippen LogP contribution in [0.2, 0.25) is 5.02 Å². The van der Waals surface area contributed by atoms with E-state index in [1.165, 1.54) is 36.6 Å². The second-order valence-corrected chi connectivity index (χ2v) is 6.74. The Morgan fingerprint density at radius 3 is 3.00 bits per heavy atom. The largest absolute Gasteiger partial charge is 0.361 e. The molecule has 3 rings (SSSR count). The Hall–Kier alpha value is -0.990. The molecule has 3 heteroatoms. The summed E-state index contributed by atoms with van der Waals surface area (Å²) in [5.41, 5.74) is 8.63.